The largest absolute Gasteiger partial charge is 0.481 e. The topological polar surface area (TPSA) is 57.6 Å². The molecule has 1 fully saturated rings. The third-order valence-corrected chi connectivity index (χ3v) is 4.57. The third-order valence-electron chi connectivity index (χ3n) is 4.57. The molecule has 3 aliphatic rings. The second-order valence-corrected chi connectivity index (χ2v) is 5.70. The van der Waals surface area contributed by atoms with Gasteiger partial charge in [0.25, 0.3) is 0 Å². The SMILES string of the molecule is O=C(O)[C@H]1CCC2=C3C=CCCC3CCC(=O)N2C1. The standard InChI is InChI=1S/C15H19NO3/c17-14-8-6-10-3-1-2-4-12(10)13-7-5-11(15(18)19)9-16(13)14/h2,4,10-11H,1,3,5-9H2,(H,18,19)/t10?,11-/m0/s1. The Bertz CT molecular complexity index is 478. The first-order chi connectivity index (χ1) is 9.16. The van der Waals surface area contributed by atoms with Crippen LogP contribution in [0.5, 0.6) is 0 Å². The van der Waals surface area contributed by atoms with Crippen molar-refractivity contribution >= 4 is 11.9 Å². The van der Waals surface area contributed by atoms with Crippen LogP contribution in [0.2, 0.25) is 0 Å². The molecule has 1 N–H and O–H groups in total. The van der Waals surface area contributed by atoms with E-state index in [-0.39, 0.29) is 5.91 Å². The summed E-state index contributed by atoms with van der Waals surface area (Å²) in [6.07, 6.45) is 9.39. The highest BCUT2D eigenvalue weighted by Gasteiger charge is 2.36. The van der Waals surface area contributed by atoms with Crippen LogP contribution in [0.4, 0.5) is 0 Å². The molecular weight excluding hydrogens is 242 g/mol. The number of carbonyl (C=O) groups excluding carboxylic acids is 1. The maximum Gasteiger partial charge on any atom is 0.308 e. The van der Waals surface area contributed by atoms with Crippen molar-refractivity contribution in [2.75, 3.05) is 6.54 Å². The molecule has 3 rings (SSSR count). The zero-order valence-electron chi connectivity index (χ0n) is 11.0. The van der Waals surface area contributed by atoms with Gasteiger partial charge in [-0.1, -0.05) is 12.2 Å². The minimum Gasteiger partial charge on any atom is -0.481 e. The lowest BCUT2D eigenvalue weighted by atomic mass is 9.83. The van der Waals surface area contributed by atoms with Crippen LogP contribution in [0, 0.1) is 11.8 Å². The fourth-order valence-corrected chi connectivity index (χ4v) is 3.49. The summed E-state index contributed by atoms with van der Waals surface area (Å²) < 4.78 is 0. The molecule has 0 saturated carbocycles. The Morgan fingerprint density at radius 1 is 1.26 bits per heavy atom. The number of rotatable bonds is 1. The van der Waals surface area contributed by atoms with E-state index in [4.69, 9.17) is 5.11 Å². The molecule has 2 aliphatic heterocycles. The minimum atomic E-state index is -0.781. The lowest BCUT2D eigenvalue weighted by Gasteiger charge is -2.34. The number of allylic oxidation sites excluding steroid dienone is 4. The quantitative estimate of drug-likeness (QED) is 0.788. The Morgan fingerprint density at radius 2 is 2.11 bits per heavy atom. The summed E-state index contributed by atoms with van der Waals surface area (Å²) in [7, 11) is 0. The molecule has 1 saturated heterocycles. The van der Waals surface area contributed by atoms with E-state index >= 15 is 0 Å². The van der Waals surface area contributed by atoms with E-state index in [0.29, 0.717) is 25.3 Å². The normalized spacial score (nSPS) is 30.7. The first-order valence-electron chi connectivity index (χ1n) is 7.09. The van der Waals surface area contributed by atoms with E-state index in [0.717, 1.165) is 31.4 Å². The van der Waals surface area contributed by atoms with Crippen LogP contribution in [0.25, 0.3) is 0 Å². The lowest BCUT2D eigenvalue weighted by Crippen LogP contribution is -2.40. The van der Waals surface area contributed by atoms with Gasteiger partial charge in [0.1, 0.15) is 0 Å². The molecule has 0 aromatic carbocycles. The summed E-state index contributed by atoms with van der Waals surface area (Å²) in [5.41, 5.74) is 2.39. The average Bonchev–Trinajstić information content (AvgIpc) is 2.57. The van der Waals surface area contributed by atoms with Gasteiger partial charge in [-0.15, -0.1) is 0 Å². The molecule has 0 aromatic rings. The third kappa shape index (κ3) is 2.20. The van der Waals surface area contributed by atoms with Gasteiger partial charge in [0.15, 0.2) is 0 Å². The van der Waals surface area contributed by atoms with Gasteiger partial charge in [-0.25, -0.2) is 0 Å². The number of amides is 1. The molecule has 19 heavy (non-hydrogen) atoms. The molecule has 2 heterocycles. The van der Waals surface area contributed by atoms with Crippen molar-refractivity contribution in [2.24, 2.45) is 11.8 Å². The second-order valence-electron chi connectivity index (χ2n) is 5.70. The molecule has 102 valence electrons. The molecule has 1 unspecified atom stereocenters. The van der Waals surface area contributed by atoms with E-state index in [1.807, 2.05) is 0 Å². The number of carboxylic acids is 1. The number of fused-ring (bicyclic) bond motifs is 2. The van der Waals surface area contributed by atoms with Crippen LogP contribution in [0.3, 0.4) is 0 Å². The molecule has 4 nitrogen and oxygen atoms in total. The van der Waals surface area contributed by atoms with E-state index in [2.05, 4.69) is 12.2 Å². The van der Waals surface area contributed by atoms with Crippen molar-refractivity contribution in [1.29, 1.82) is 0 Å². The number of hydrogen-bond donors (Lipinski definition) is 1. The number of carbonyl (C=O) groups is 2. The van der Waals surface area contributed by atoms with Crippen molar-refractivity contribution in [1.82, 2.24) is 4.90 Å². The summed E-state index contributed by atoms with van der Waals surface area (Å²) in [6, 6.07) is 0. The van der Waals surface area contributed by atoms with Crippen LogP contribution >= 0.6 is 0 Å². The highest BCUT2D eigenvalue weighted by Crippen LogP contribution is 2.39. The Morgan fingerprint density at radius 3 is 2.89 bits per heavy atom. The van der Waals surface area contributed by atoms with Crippen LogP contribution in [-0.4, -0.2) is 28.4 Å². The van der Waals surface area contributed by atoms with Crippen molar-refractivity contribution in [3.05, 3.63) is 23.4 Å². The number of nitrogens with zero attached hydrogens (tertiary/aromatic N) is 1. The number of hydrogen-bond acceptors (Lipinski definition) is 2. The predicted molar refractivity (Wildman–Crippen MR) is 70.2 cm³/mol. The van der Waals surface area contributed by atoms with Gasteiger partial charge in [0.05, 0.1) is 5.92 Å². The maximum absolute atomic E-state index is 12.2. The summed E-state index contributed by atoms with van der Waals surface area (Å²) in [6.45, 7) is 0.355. The summed E-state index contributed by atoms with van der Waals surface area (Å²) in [5, 5.41) is 9.15. The number of piperidine rings is 1. The maximum atomic E-state index is 12.2. The van der Waals surface area contributed by atoms with E-state index in [9.17, 15) is 9.59 Å². The van der Waals surface area contributed by atoms with Gasteiger partial charge in [-0.2, -0.15) is 0 Å². The molecule has 2 atom stereocenters. The molecule has 0 aromatic heterocycles. The first kappa shape index (κ1) is 12.5. The number of carboxylic acid groups (broad SMARTS) is 1. The summed E-state index contributed by atoms with van der Waals surface area (Å²) in [4.78, 5) is 25.1. The Hall–Kier alpha value is -1.58. The van der Waals surface area contributed by atoms with Crippen molar-refractivity contribution in [2.45, 2.75) is 38.5 Å². The average molecular weight is 261 g/mol. The Labute approximate surface area is 112 Å². The zero-order chi connectivity index (χ0) is 13.4. The molecule has 0 radical (unpaired) electrons. The minimum absolute atomic E-state index is 0.108. The van der Waals surface area contributed by atoms with Gasteiger partial charge in [-0.3, -0.25) is 9.59 Å². The molecular formula is C15H19NO3. The van der Waals surface area contributed by atoms with Gasteiger partial charge in [0.2, 0.25) is 5.91 Å². The Balaban J connectivity index is 1.96. The lowest BCUT2D eigenvalue weighted by molar-refractivity contribution is -0.144. The highest BCUT2D eigenvalue weighted by atomic mass is 16.4. The van der Waals surface area contributed by atoms with Gasteiger partial charge in [-0.05, 0) is 43.6 Å². The molecule has 1 amide bonds. The molecule has 0 spiro atoms. The zero-order valence-corrected chi connectivity index (χ0v) is 11.0. The second kappa shape index (κ2) is 4.83. The van der Waals surface area contributed by atoms with Gasteiger partial charge in [0, 0.05) is 18.7 Å². The van der Waals surface area contributed by atoms with Crippen LogP contribution < -0.4 is 0 Å². The number of aliphatic carboxylic acids is 1. The molecule has 1 aliphatic carbocycles. The van der Waals surface area contributed by atoms with E-state index in [1.165, 1.54) is 5.57 Å². The van der Waals surface area contributed by atoms with E-state index < -0.39 is 11.9 Å². The van der Waals surface area contributed by atoms with Crippen molar-refractivity contribution in [3.8, 4) is 0 Å². The fourth-order valence-electron chi connectivity index (χ4n) is 3.49. The predicted octanol–water partition coefficient (Wildman–Crippen LogP) is 2.32. The summed E-state index contributed by atoms with van der Waals surface area (Å²) >= 11 is 0. The highest BCUT2D eigenvalue weighted by molar-refractivity contribution is 5.81. The van der Waals surface area contributed by atoms with Crippen LogP contribution in [0.15, 0.2) is 23.4 Å². The van der Waals surface area contributed by atoms with E-state index in [1.54, 1.807) is 4.90 Å². The monoisotopic (exact) mass is 261 g/mol. The molecule has 4 heteroatoms. The first-order valence-corrected chi connectivity index (χ1v) is 7.09. The van der Waals surface area contributed by atoms with Crippen LogP contribution in [-0.2, 0) is 9.59 Å². The van der Waals surface area contributed by atoms with Crippen molar-refractivity contribution < 1.29 is 14.7 Å². The fraction of sp³-hybridized carbons (Fsp3) is 0.600. The summed E-state index contributed by atoms with van der Waals surface area (Å²) in [5.74, 6) is -0.583. The van der Waals surface area contributed by atoms with Gasteiger partial charge >= 0.3 is 5.97 Å². The van der Waals surface area contributed by atoms with Gasteiger partial charge < -0.3 is 10.0 Å². The smallest absolute Gasteiger partial charge is 0.308 e. The van der Waals surface area contributed by atoms with Crippen molar-refractivity contribution in [3.63, 3.8) is 0 Å². The molecule has 0 bridgehead atoms. The Kier molecular flexibility index (Phi) is 3.17. The van der Waals surface area contributed by atoms with Crippen LogP contribution in [0.1, 0.15) is 38.5 Å².